The second kappa shape index (κ2) is 5.80. The molecule has 0 spiro atoms. The van der Waals surface area contributed by atoms with Gasteiger partial charge in [0.2, 0.25) is 0 Å². The van der Waals surface area contributed by atoms with E-state index in [1.54, 1.807) is 12.1 Å². The lowest BCUT2D eigenvalue weighted by Gasteiger charge is -2.32. The van der Waals surface area contributed by atoms with Crippen molar-refractivity contribution < 1.29 is 23.5 Å². The zero-order valence-corrected chi connectivity index (χ0v) is 12.9. The standard InChI is InChI=1S/C16H14FN3O4/c1-16(15(22)20-13-12(24-16)4-3-7-18-13)14(21)19-9-5-6-11(23-2)10(17)8-9/h3-8H,1-2H3,(H,19,21)(H,18,20,22)/t16-/m1/s1. The molecule has 0 bridgehead atoms. The Bertz CT molecular complexity index is 827. The van der Waals surface area contributed by atoms with Crippen molar-refractivity contribution in [1.29, 1.82) is 0 Å². The van der Waals surface area contributed by atoms with Gasteiger partial charge in [-0.25, -0.2) is 9.37 Å². The number of benzene rings is 1. The molecule has 0 aliphatic carbocycles. The summed E-state index contributed by atoms with van der Waals surface area (Å²) in [5.41, 5.74) is -1.64. The average Bonchev–Trinajstić information content (AvgIpc) is 2.56. The average molecular weight is 331 g/mol. The highest BCUT2D eigenvalue weighted by Crippen LogP contribution is 2.32. The van der Waals surface area contributed by atoms with Gasteiger partial charge in [0.05, 0.1) is 7.11 Å². The summed E-state index contributed by atoms with van der Waals surface area (Å²) in [5.74, 6) is -1.48. The van der Waals surface area contributed by atoms with Gasteiger partial charge in [0.15, 0.2) is 23.1 Å². The van der Waals surface area contributed by atoms with E-state index in [-0.39, 0.29) is 23.0 Å². The van der Waals surface area contributed by atoms with Gasteiger partial charge in [-0.3, -0.25) is 9.59 Å². The molecule has 1 aliphatic rings. The van der Waals surface area contributed by atoms with Gasteiger partial charge >= 0.3 is 0 Å². The molecule has 124 valence electrons. The Morgan fingerprint density at radius 2 is 2.21 bits per heavy atom. The largest absolute Gasteiger partial charge is 0.494 e. The molecule has 2 heterocycles. The smallest absolute Gasteiger partial charge is 0.279 e. The topological polar surface area (TPSA) is 89.6 Å². The van der Waals surface area contributed by atoms with Crippen LogP contribution in [0, 0.1) is 5.82 Å². The van der Waals surface area contributed by atoms with Crippen LogP contribution in [-0.4, -0.2) is 29.5 Å². The number of nitrogens with one attached hydrogen (secondary N) is 2. The van der Waals surface area contributed by atoms with E-state index in [4.69, 9.17) is 9.47 Å². The number of methoxy groups -OCH3 is 1. The molecule has 1 aromatic carbocycles. The molecule has 24 heavy (non-hydrogen) atoms. The van der Waals surface area contributed by atoms with Gasteiger partial charge in [-0.15, -0.1) is 0 Å². The van der Waals surface area contributed by atoms with Crippen LogP contribution >= 0.6 is 0 Å². The monoisotopic (exact) mass is 331 g/mol. The van der Waals surface area contributed by atoms with Crippen LogP contribution in [-0.2, 0) is 9.59 Å². The molecule has 0 unspecified atom stereocenters. The maximum absolute atomic E-state index is 13.7. The number of halogens is 1. The second-order valence-electron chi connectivity index (χ2n) is 5.24. The minimum absolute atomic E-state index is 0.0471. The maximum atomic E-state index is 13.7. The lowest BCUT2D eigenvalue weighted by atomic mass is 10.0. The number of pyridine rings is 1. The Morgan fingerprint density at radius 1 is 1.42 bits per heavy atom. The number of nitrogens with zero attached hydrogens (tertiary/aromatic N) is 1. The fourth-order valence-electron chi connectivity index (χ4n) is 2.20. The summed E-state index contributed by atoms with van der Waals surface area (Å²) in [6.07, 6.45) is 1.49. The second-order valence-corrected chi connectivity index (χ2v) is 5.24. The Labute approximate surface area is 136 Å². The van der Waals surface area contributed by atoms with Gasteiger partial charge < -0.3 is 20.1 Å². The van der Waals surface area contributed by atoms with Gasteiger partial charge in [-0.1, -0.05) is 0 Å². The van der Waals surface area contributed by atoms with E-state index in [1.807, 2.05) is 0 Å². The first kappa shape index (κ1) is 15.7. The molecule has 0 fully saturated rings. The van der Waals surface area contributed by atoms with E-state index >= 15 is 0 Å². The molecule has 2 N–H and O–H groups in total. The van der Waals surface area contributed by atoms with Crippen LogP contribution in [0.4, 0.5) is 15.9 Å². The predicted molar refractivity (Wildman–Crippen MR) is 83.5 cm³/mol. The summed E-state index contributed by atoms with van der Waals surface area (Å²) in [5, 5.41) is 4.98. The van der Waals surface area contributed by atoms with E-state index < -0.39 is 23.2 Å². The highest BCUT2D eigenvalue weighted by Gasteiger charge is 2.47. The first-order valence-corrected chi connectivity index (χ1v) is 7.04. The fraction of sp³-hybridized carbons (Fsp3) is 0.188. The van der Waals surface area contributed by atoms with Crippen molar-refractivity contribution in [2.24, 2.45) is 0 Å². The number of amides is 2. The summed E-state index contributed by atoms with van der Waals surface area (Å²) in [6, 6.07) is 7.12. The molecule has 2 aromatic rings. The van der Waals surface area contributed by atoms with Crippen LogP contribution in [0.3, 0.4) is 0 Å². The van der Waals surface area contributed by atoms with Crippen molar-refractivity contribution in [3.05, 3.63) is 42.3 Å². The highest BCUT2D eigenvalue weighted by atomic mass is 19.1. The van der Waals surface area contributed by atoms with Gasteiger partial charge in [-0.05, 0) is 31.2 Å². The highest BCUT2D eigenvalue weighted by molar-refractivity contribution is 6.18. The molecule has 2 amide bonds. The number of aromatic nitrogens is 1. The third-order valence-electron chi connectivity index (χ3n) is 3.59. The van der Waals surface area contributed by atoms with Crippen molar-refractivity contribution in [1.82, 2.24) is 4.98 Å². The van der Waals surface area contributed by atoms with Gasteiger partial charge in [0.1, 0.15) is 0 Å². The molecule has 3 rings (SSSR count). The van der Waals surface area contributed by atoms with Crippen molar-refractivity contribution in [3.8, 4) is 11.5 Å². The molecule has 0 saturated carbocycles. The van der Waals surface area contributed by atoms with E-state index in [9.17, 15) is 14.0 Å². The Kier molecular flexibility index (Phi) is 3.80. The first-order valence-electron chi connectivity index (χ1n) is 7.04. The number of carbonyl (C=O) groups excluding carboxylic acids is 2. The van der Waals surface area contributed by atoms with Crippen LogP contribution in [0.25, 0.3) is 0 Å². The Hall–Kier alpha value is -3.16. The van der Waals surface area contributed by atoms with Crippen LogP contribution in [0.5, 0.6) is 11.5 Å². The minimum atomic E-state index is -1.81. The molecule has 1 atom stereocenters. The zero-order chi connectivity index (χ0) is 17.3. The maximum Gasteiger partial charge on any atom is 0.279 e. The van der Waals surface area contributed by atoms with Crippen LogP contribution in [0.1, 0.15) is 6.92 Å². The van der Waals surface area contributed by atoms with Crippen molar-refractivity contribution in [3.63, 3.8) is 0 Å². The summed E-state index contributed by atoms with van der Waals surface area (Å²) in [6.45, 7) is 1.33. The number of fused-ring (bicyclic) bond motifs is 1. The number of carbonyl (C=O) groups is 2. The molecule has 8 heteroatoms. The van der Waals surface area contributed by atoms with Crippen molar-refractivity contribution >= 4 is 23.3 Å². The molecular formula is C16H14FN3O4. The summed E-state index contributed by atoms with van der Waals surface area (Å²) in [4.78, 5) is 28.7. The van der Waals surface area contributed by atoms with E-state index in [0.29, 0.717) is 0 Å². The SMILES string of the molecule is COc1ccc(NC(=O)[C@@]2(C)Oc3cccnc3NC2=O)cc1F. The van der Waals surface area contributed by atoms with Crippen LogP contribution in [0.2, 0.25) is 0 Å². The predicted octanol–water partition coefficient (Wildman–Crippen LogP) is 1.96. The summed E-state index contributed by atoms with van der Waals surface area (Å²) in [7, 11) is 1.34. The number of rotatable bonds is 3. The molecule has 1 aromatic heterocycles. The third-order valence-corrected chi connectivity index (χ3v) is 3.59. The van der Waals surface area contributed by atoms with Gasteiger partial charge in [0, 0.05) is 18.0 Å². The summed E-state index contributed by atoms with van der Waals surface area (Å²) >= 11 is 0. The van der Waals surface area contributed by atoms with E-state index in [2.05, 4.69) is 15.6 Å². The first-order chi connectivity index (χ1) is 11.4. The lowest BCUT2D eigenvalue weighted by molar-refractivity contribution is -0.143. The quantitative estimate of drug-likeness (QED) is 0.839. The number of anilines is 2. The van der Waals surface area contributed by atoms with Crippen LogP contribution in [0.15, 0.2) is 36.5 Å². The number of ether oxygens (including phenoxy) is 2. The fourth-order valence-corrected chi connectivity index (χ4v) is 2.20. The Morgan fingerprint density at radius 3 is 2.92 bits per heavy atom. The molecule has 0 saturated heterocycles. The van der Waals surface area contributed by atoms with Crippen molar-refractivity contribution in [2.75, 3.05) is 17.7 Å². The van der Waals surface area contributed by atoms with Crippen LogP contribution < -0.4 is 20.1 Å². The lowest BCUT2D eigenvalue weighted by Crippen LogP contribution is -2.56. The van der Waals surface area contributed by atoms with E-state index in [1.165, 1.54) is 32.4 Å². The van der Waals surface area contributed by atoms with Gasteiger partial charge in [-0.2, -0.15) is 0 Å². The molecule has 7 nitrogen and oxygen atoms in total. The Balaban J connectivity index is 1.84. The third kappa shape index (κ3) is 2.62. The molecule has 1 aliphatic heterocycles. The minimum Gasteiger partial charge on any atom is -0.494 e. The molecular weight excluding hydrogens is 317 g/mol. The zero-order valence-electron chi connectivity index (χ0n) is 12.9. The van der Waals surface area contributed by atoms with E-state index in [0.717, 1.165) is 6.07 Å². The normalized spacial score (nSPS) is 18.9. The number of hydrogen-bond donors (Lipinski definition) is 2. The number of hydrogen-bond acceptors (Lipinski definition) is 5. The van der Waals surface area contributed by atoms with Crippen molar-refractivity contribution in [2.45, 2.75) is 12.5 Å². The summed E-state index contributed by atoms with van der Waals surface area (Å²) < 4.78 is 24.1. The molecule has 0 radical (unpaired) electrons. The van der Waals surface area contributed by atoms with Gasteiger partial charge in [0.25, 0.3) is 17.4 Å².